The van der Waals surface area contributed by atoms with Gasteiger partial charge >= 0.3 is 0 Å². The first-order valence-electron chi connectivity index (χ1n) is 11.5. The van der Waals surface area contributed by atoms with Crippen LogP contribution in [0.25, 0.3) is 0 Å². The third-order valence-electron chi connectivity index (χ3n) is 5.62. The third kappa shape index (κ3) is 7.73. The zero-order chi connectivity index (χ0) is 24.3. The maximum atomic E-state index is 13.5. The summed E-state index contributed by atoms with van der Waals surface area (Å²) in [5, 5.41) is 3.07. The first-order valence-corrected chi connectivity index (χ1v) is 12.3. The number of amides is 2. The van der Waals surface area contributed by atoms with E-state index in [-0.39, 0.29) is 24.5 Å². The largest absolute Gasteiger partial charge is 0.484 e. The van der Waals surface area contributed by atoms with E-state index in [0.717, 1.165) is 22.0 Å². The highest BCUT2D eigenvalue weighted by atomic mass is 79.9. The predicted octanol–water partition coefficient (Wildman–Crippen LogP) is 5.38. The van der Waals surface area contributed by atoms with Crippen molar-refractivity contribution in [2.24, 2.45) is 0 Å². The van der Waals surface area contributed by atoms with Crippen molar-refractivity contribution in [3.8, 4) is 5.75 Å². The zero-order valence-electron chi connectivity index (χ0n) is 19.6. The molecule has 0 spiro atoms. The molecule has 34 heavy (non-hydrogen) atoms. The van der Waals surface area contributed by atoms with E-state index in [2.05, 4.69) is 21.2 Å². The van der Waals surface area contributed by atoms with Gasteiger partial charge in [-0.2, -0.15) is 0 Å². The molecule has 0 heterocycles. The summed E-state index contributed by atoms with van der Waals surface area (Å²) in [5.41, 5.74) is 1.92. The van der Waals surface area contributed by atoms with Crippen LogP contribution in [0.1, 0.15) is 31.4 Å². The summed E-state index contributed by atoms with van der Waals surface area (Å²) >= 11 is 3.50. The standard InChI is InChI=1S/C28H31BrN2O3/c1-3-21(2)30-28(33)26(18-22-11-6-4-7-12-22)31(19-23-13-10-14-24(29)17-23)27(32)20-34-25-15-8-5-9-16-25/h4-17,21,26H,3,18-20H2,1-2H3,(H,30,33)/t21-,26-/m1/s1. The lowest BCUT2D eigenvalue weighted by molar-refractivity contribution is -0.143. The topological polar surface area (TPSA) is 58.6 Å². The second-order valence-corrected chi connectivity index (χ2v) is 9.19. The van der Waals surface area contributed by atoms with E-state index in [0.29, 0.717) is 18.7 Å². The van der Waals surface area contributed by atoms with Crippen LogP contribution in [0.3, 0.4) is 0 Å². The number of ether oxygens (including phenoxy) is 1. The number of carbonyl (C=O) groups is 2. The Bertz CT molecular complexity index is 1060. The quantitative estimate of drug-likeness (QED) is 0.367. The predicted molar refractivity (Wildman–Crippen MR) is 138 cm³/mol. The maximum Gasteiger partial charge on any atom is 0.261 e. The smallest absolute Gasteiger partial charge is 0.261 e. The van der Waals surface area contributed by atoms with E-state index in [1.165, 1.54) is 0 Å². The number of rotatable bonds is 11. The van der Waals surface area contributed by atoms with Crippen molar-refractivity contribution < 1.29 is 14.3 Å². The average molecular weight is 523 g/mol. The molecule has 0 aliphatic rings. The molecule has 178 valence electrons. The molecule has 0 aliphatic heterocycles. The van der Waals surface area contributed by atoms with Gasteiger partial charge in [0, 0.05) is 23.5 Å². The van der Waals surface area contributed by atoms with Crippen molar-refractivity contribution >= 4 is 27.7 Å². The van der Waals surface area contributed by atoms with Crippen LogP contribution in [0.15, 0.2) is 89.4 Å². The van der Waals surface area contributed by atoms with Gasteiger partial charge in [-0.1, -0.05) is 83.5 Å². The first-order chi connectivity index (χ1) is 16.5. The van der Waals surface area contributed by atoms with Gasteiger partial charge in [-0.15, -0.1) is 0 Å². The summed E-state index contributed by atoms with van der Waals surface area (Å²) in [6.07, 6.45) is 1.22. The Morgan fingerprint density at radius 1 is 0.941 bits per heavy atom. The molecule has 0 fully saturated rings. The van der Waals surface area contributed by atoms with E-state index in [9.17, 15) is 9.59 Å². The van der Waals surface area contributed by atoms with Crippen LogP contribution in [0, 0.1) is 0 Å². The van der Waals surface area contributed by atoms with Gasteiger partial charge in [0.1, 0.15) is 11.8 Å². The number of para-hydroxylation sites is 1. The van der Waals surface area contributed by atoms with Crippen molar-refractivity contribution in [2.75, 3.05) is 6.61 Å². The van der Waals surface area contributed by atoms with Gasteiger partial charge in [0.05, 0.1) is 0 Å². The molecule has 0 radical (unpaired) electrons. The molecule has 1 N–H and O–H groups in total. The minimum atomic E-state index is -0.678. The summed E-state index contributed by atoms with van der Waals surface area (Å²) in [5.74, 6) is 0.201. The lowest BCUT2D eigenvalue weighted by atomic mass is 10.0. The minimum Gasteiger partial charge on any atom is -0.484 e. The van der Waals surface area contributed by atoms with Crippen molar-refractivity contribution in [1.29, 1.82) is 0 Å². The van der Waals surface area contributed by atoms with Gasteiger partial charge in [0.2, 0.25) is 5.91 Å². The molecule has 0 aromatic heterocycles. The molecule has 6 heteroatoms. The lowest BCUT2D eigenvalue weighted by Crippen LogP contribution is -2.53. The zero-order valence-corrected chi connectivity index (χ0v) is 21.2. The Kier molecular flexibility index (Phi) is 9.71. The van der Waals surface area contributed by atoms with Gasteiger partial charge in [-0.25, -0.2) is 0 Å². The van der Waals surface area contributed by atoms with E-state index in [1.54, 1.807) is 4.90 Å². The van der Waals surface area contributed by atoms with E-state index in [1.807, 2.05) is 98.8 Å². The molecule has 3 aromatic carbocycles. The molecule has 2 amide bonds. The van der Waals surface area contributed by atoms with Crippen LogP contribution in [-0.4, -0.2) is 35.4 Å². The van der Waals surface area contributed by atoms with E-state index >= 15 is 0 Å². The Balaban J connectivity index is 1.91. The number of nitrogens with one attached hydrogen (secondary N) is 1. The van der Waals surface area contributed by atoms with Gasteiger partial charge in [0.25, 0.3) is 5.91 Å². The third-order valence-corrected chi connectivity index (χ3v) is 6.11. The maximum absolute atomic E-state index is 13.5. The second-order valence-electron chi connectivity index (χ2n) is 8.28. The molecule has 0 bridgehead atoms. The molecular weight excluding hydrogens is 492 g/mol. The summed E-state index contributed by atoms with van der Waals surface area (Å²) in [6.45, 7) is 4.13. The molecule has 2 atom stereocenters. The van der Waals surface area contributed by atoms with Gasteiger partial charge in [-0.05, 0) is 48.7 Å². The Hall–Kier alpha value is -3.12. The van der Waals surface area contributed by atoms with Crippen LogP contribution >= 0.6 is 15.9 Å². The van der Waals surface area contributed by atoms with Crippen LogP contribution < -0.4 is 10.1 Å². The Morgan fingerprint density at radius 3 is 2.24 bits per heavy atom. The highest BCUT2D eigenvalue weighted by Crippen LogP contribution is 2.19. The van der Waals surface area contributed by atoms with Crippen molar-refractivity contribution in [1.82, 2.24) is 10.2 Å². The van der Waals surface area contributed by atoms with Gasteiger partial charge in [0.15, 0.2) is 6.61 Å². The fraction of sp³-hybridized carbons (Fsp3) is 0.286. The molecule has 0 unspecified atom stereocenters. The minimum absolute atomic E-state index is 0.00849. The molecular formula is C28H31BrN2O3. The number of halogens is 1. The van der Waals surface area contributed by atoms with Crippen molar-refractivity contribution in [3.05, 3.63) is 101 Å². The normalized spacial score (nSPS) is 12.4. The van der Waals surface area contributed by atoms with Crippen molar-refractivity contribution in [3.63, 3.8) is 0 Å². The van der Waals surface area contributed by atoms with Crippen LogP contribution in [0.2, 0.25) is 0 Å². The highest BCUT2D eigenvalue weighted by Gasteiger charge is 2.31. The Labute approximate surface area is 210 Å². The van der Waals surface area contributed by atoms with Crippen LogP contribution in [-0.2, 0) is 22.6 Å². The van der Waals surface area contributed by atoms with Gasteiger partial charge < -0.3 is 15.0 Å². The first kappa shape index (κ1) is 25.5. The molecule has 0 saturated carbocycles. The molecule has 3 aromatic rings. The summed E-state index contributed by atoms with van der Waals surface area (Å²) < 4.78 is 6.68. The van der Waals surface area contributed by atoms with E-state index in [4.69, 9.17) is 4.74 Å². The summed E-state index contributed by atoms with van der Waals surface area (Å²) in [6, 6.07) is 26.1. The molecule has 0 aliphatic carbocycles. The number of hydrogen-bond acceptors (Lipinski definition) is 3. The number of hydrogen-bond donors (Lipinski definition) is 1. The summed E-state index contributed by atoms with van der Waals surface area (Å²) in [4.78, 5) is 28.6. The SMILES string of the molecule is CC[C@@H](C)NC(=O)[C@@H](Cc1ccccc1)N(Cc1cccc(Br)c1)C(=O)COc1ccccc1. The number of carbonyl (C=O) groups excluding carboxylic acids is 2. The monoisotopic (exact) mass is 522 g/mol. The fourth-order valence-electron chi connectivity index (χ4n) is 3.57. The van der Waals surface area contributed by atoms with Gasteiger partial charge in [-0.3, -0.25) is 9.59 Å². The fourth-order valence-corrected chi connectivity index (χ4v) is 4.02. The molecule has 3 rings (SSSR count). The van der Waals surface area contributed by atoms with E-state index < -0.39 is 6.04 Å². The number of benzene rings is 3. The number of nitrogens with zero attached hydrogens (tertiary/aromatic N) is 1. The highest BCUT2D eigenvalue weighted by molar-refractivity contribution is 9.10. The van der Waals surface area contributed by atoms with Crippen LogP contribution in [0.5, 0.6) is 5.75 Å². The van der Waals surface area contributed by atoms with Crippen LogP contribution in [0.4, 0.5) is 0 Å². The molecule has 0 saturated heterocycles. The average Bonchev–Trinajstić information content (AvgIpc) is 2.85. The second kappa shape index (κ2) is 12.9. The van der Waals surface area contributed by atoms with Crippen molar-refractivity contribution in [2.45, 2.75) is 45.3 Å². The Morgan fingerprint density at radius 2 is 1.59 bits per heavy atom. The lowest BCUT2D eigenvalue weighted by Gasteiger charge is -2.32. The molecule has 5 nitrogen and oxygen atoms in total. The summed E-state index contributed by atoms with van der Waals surface area (Å²) in [7, 11) is 0.